The Morgan fingerprint density at radius 3 is 3.12 bits per heavy atom. The van der Waals surface area contributed by atoms with Gasteiger partial charge in [0.05, 0.1) is 6.54 Å². The van der Waals surface area contributed by atoms with Crippen LogP contribution in [0.3, 0.4) is 0 Å². The van der Waals surface area contributed by atoms with Crippen molar-refractivity contribution in [2.24, 2.45) is 4.99 Å². The molecule has 0 fully saturated rings. The van der Waals surface area contributed by atoms with Crippen LogP contribution in [0.1, 0.15) is 22.8 Å². The van der Waals surface area contributed by atoms with Gasteiger partial charge in [-0.15, -0.1) is 0 Å². The zero-order chi connectivity index (χ0) is 11.8. The van der Waals surface area contributed by atoms with Gasteiger partial charge in [0, 0.05) is 18.5 Å². The molecule has 1 aromatic rings. The van der Waals surface area contributed by atoms with Crippen molar-refractivity contribution in [1.82, 2.24) is 5.32 Å². The average Bonchev–Trinajstić information content (AvgIpc) is 2.96. The summed E-state index contributed by atoms with van der Waals surface area (Å²) in [6, 6.07) is 5.61. The van der Waals surface area contributed by atoms with Gasteiger partial charge in [0.2, 0.25) is 0 Å². The molecule has 0 radical (unpaired) electrons. The molecule has 0 saturated heterocycles. The summed E-state index contributed by atoms with van der Waals surface area (Å²) in [4.78, 5) is 15.7. The van der Waals surface area contributed by atoms with E-state index < -0.39 is 0 Å². The highest BCUT2D eigenvalue weighted by Gasteiger charge is 2.28. The highest BCUT2D eigenvalue weighted by Crippen LogP contribution is 2.30. The molecule has 1 N–H and O–H groups in total. The van der Waals surface area contributed by atoms with Crippen LogP contribution in [0, 0.1) is 0 Å². The summed E-state index contributed by atoms with van der Waals surface area (Å²) in [7, 11) is 0. The van der Waals surface area contributed by atoms with E-state index in [0.717, 1.165) is 42.2 Å². The maximum absolute atomic E-state index is 11.3. The predicted molar refractivity (Wildman–Crippen MR) is 64.9 cm³/mol. The van der Waals surface area contributed by atoms with Crippen molar-refractivity contribution in [3.8, 4) is 5.75 Å². The fourth-order valence-electron chi connectivity index (χ4n) is 2.25. The van der Waals surface area contributed by atoms with Gasteiger partial charge in [-0.05, 0) is 30.7 Å². The van der Waals surface area contributed by atoms with E-state index in [0.29, 0.717) is 0 Å². The zero-order valence-electron chi connectivity index (χ0n) is 9.69. The molecule has 0 spiro atoms. The van der Waals surface area contributed by atoms with Crippen LogP contribution >= 0.6 is 0 Å². The SMILES string of the molecule is CC(=O)c1ccc2c(c1)CC(C1=NCCN1)O2. The molecule has 0 aromatic heterocycles. The van der Waals surface area contributed by atoms with Crippen LogP contribution in [0.15, 0.2) is 23.2 Å². The van der Waals surface area contributed by atoms with Gasteiger partial charge in [-0.2, -0.15) is 0 Å². The Hall–Kier alpha value is -1.84. The van der Waals surface area contributed by atoms with Crippen LogP contribution in [0.25, 0.3) is 0 Å². The number of aliphatic imine (C=N–C) groups is 1. The van der Waals surface area contributed by atoms with Gasteiger partial charge in [0.25, 0.3) is 0 Å². The standard InChI is InChI=1S/C13H14N2O2/c1-8(16)9-2-3-11-10(6-9)7-12(17-11)13-14-4-5-15-13/h2-3,6,12H,4-5,7H2,1H3,(H,14,15). The second-order valence-electron chi connectivity index (χ2n) is 4.38. The zero-order valence-corrected chi connectivity index (χ0v) is 9.69. The smallest absolute Gasteiger partial charge is 0.159 e. The van der Waals surface area contributed by atoms with Gasteiger partial charge >= 0.3 is 0 Å². The first kappa shape index (κ1) is 10.3. The van der Waals surface area contributed by atoms with Crippen LogP contribution in [0.2, 0.25) is 0 Å². The maximum atomic E-state index is 11.3. The van der Waals surface area contributed by atoms with Crippen molar-refractivity contribution in [2.75, 3.05) is 13.1 Å². The number of carbonyl (C=O) groups is 1. The third-order valence-electron chi connectivity index (χ3n) is 3.15. The summed E-state index contributed by atoms with van der Waals surface area (Å²) in [5.41, 5.74) is 1.84. The lowest BCUT2D eigenvalue weighted by molar-refractivity contribution is 0.101. The number of rotatable bonds is 2. The number of hydrogen-bond donors (Lipinski definition) is 1. The first-order valence-corrected chi connectivity index (χ1v) is 5.83. The van der Waals surface area contributed by atoms with Gasteiger partial charge in [0.1, 0.15) is 11.6 Å². The lowest BCUT2D eigenvalue weighted by atomic mass is 10.0. The van der Waals surface area contributed by atoms with E-state index in [1.165, 1.54) is 0 Å². The Balaban J connectivity index is 1.85. The molecule has 0 bridgehead atoms. The van der Waals surface area contributed by atoms with Gasteiger partial charge in [-0.1, -0.05) is 0 Å². The predicted octanol–water partition coefficient (Wildman–Crippen LogP) is 1.19. The first-order chi connectivity index (χ1) is 8.24. The van der Waals surface area contributed by atoms with Crippen molar-refractivity contribution < 1.29 is 9.53 Å². The molecule has 4 nitrogen and oxygen atoms in total. The number of ether oxygens (including phenoxy) is 1. The van der Waals surface area contributed by atoms with Crippen molar-refractivity contribution in [3.63, 3.8) is 0 Å². The minimum absolute atomic E-state index is 0.00490. The minimum Gasteiger partial charge on any atom is -0.482 e. The maximum Gasteiger partial charge on any atom is 0.159 e. The van der Waals surface area contributed by atoms with Crippen LogP contribution < -0.4 is 10.1 Å². The third-order valence-corrected chi connectivity index (χ3v) is 3.15. The van der Waals surface area contributed by atoms with Crippen molar-refractivity contribution in [3.05, 3.63) is 29.3 Å². The number of hydrogen-bond acceptors (Lipinski definition) is 4. The Kier molecular flexibility index (Phi) is 2.35. The van der Waals surface area contributed by atoms with Crippen LogP contribution in [-0.2, 0) is 6.42 Å². The number of amidine groups is 1. The highest BCUT2D eigenvalue weighted by molar-refractivity contribution is 5.95. The van der Waals surface area contributed by atoms with Gasteiger partial charge < -0.3 is 10.1 Å². The summed E-state index contributed by atoms with van der Waals surface area (Å²) in [6.45, 7) is 3.30. The number of fused-ring (bicyclic) bond motifs is 1. The summed E-state index contributed by atoms with van der Waals surface area (Å²) < 4.78 is 5.82. The van der Waals surface area contributed by atoms with Gasteiger partial charge in [0.15, 0.2) is 11.9 Å². The summed E-state index contributed by atoms with van der Waals surface area (Å²) in [6.07, 6.45) is 0.789. The summed E-state index contributed by atoms with van der Waals surface area (Å²) in [5, 5.41) is 3.23. The number of nitrogens with zero attached hydrogens (tertiary/aromatic N) is 1. The lowest BCUT2D eigenvalue weighted by Crippen LogP contribution is -2.34. The third kappa shape index (κ3) is 1.79. The minimum atomic E-state index is -0.00490. The van der Waals surface area contributed by atoms with E-state index in [1.807, 2.05) is 18.2 Å². The second-order valence-corrected chi connectivity index (χ2v) is 4.38. The number of Topliss-reactive ketones (excluding diaryl/α,β-unsaturated/α-hetero) is 1. The Morgan fingerprint density at radius 1 is 1.53 bits per heavy atom. The van der Waals surface area contributed by atoms with E-state index >= 15 is 0 Å². The molecule has 1 unspecified atom stereocenters. The summed E-state index contributed by atoms with van der Waals surface area (Å²) >= 11 is 0. The molecule has 1 atom stereocenters. The largest absolute Gasteiger partial charge is 0.482 e. The Morgan fingerprint density at radius 2 is 2.41 bits per heavy atom. The topological polar surface area (TPSA) is 50.7 Å². The van der Waals surface area contributed by atoms with Gasteiger partial charge in [-0.25, -0.2) is 0 Å². The number of ketones is 1. The van der Waals surface area contributed by atoms with Crippen molar-refractivity contribution >= 4 is 11.6 Å². The molecule has 2 heterocycles. The molecule has 3 rings (SSSR count). The first-order valence-electron chi connectivity index (χ1n) is 5.83. The van der Waals surface area contributed by atoms with Crippen LogP contribution in [-0.4, -0.2) is 30.8 Å². The lowest BCUT2D eigenvalue weighted by Gasteiger charge is -2.10. The molecule has 0 aliphatic carbocycles. The van der Waals surface area contributed by atoms with E-state index in [9.17, 15) is 4.79 Å². The molecular formula is C13H14N2O2. The number of benzene rings is 1. The van der Waals surface area contributed by atoms with Crippen molar-refractivity contribution in [2.45, 2.75) is 19.4 Å². The highest BCUT2D eigenvalue weighted by atomic mass is 16.5. The number of carbonyl (C=O) groups excluding carboxylic acids is 1. The molecular weight excluding hydrogens is 216 g/mol. The molecule has 4 heteroatoms. The van der Waals surface area contributed by atoms with Crippen LogP contribution in [0.5, 0.6) is 5.75 Å². The molecule has 0 amide bonds. The number of nitrogens with one attached hydrogen (secondary N) is 1. The van der Waals surface area contributed by atoms with E-state index in [2.05, 4.69) is 10.3 Å². The molecule has 0 saturated carbocycles. The molecule has 2 aliphatic heterocycles. The molecule has 17 heavy (non-hydrogen) atoms. The molecule has 88 valence electrons. The monoisotopic (exact) mass is 230 g/mol. The molecule has 2 aliphatic rings. The van der Waals surface area contributed by atoms with E-state index in [1.54, 1.807) is 6.92 Å². The fourth-order valence-corrected chi connectivity index (χ4v) is 2.25. The normalized spacial score (nSPS) is 21.5. The Labute approximate surface area is 99.7 Å². The van der Waals surface area contributed by atoms with Gasteiger partial charge in [-0.3, -0.25) is 9.79 Å². The van der Waals surface area contributed by atoms with E-state index in [4.69, 9.17) is 4.74 Å². The van der Waals surface area contributed by atoms with E-state index in [-0.39, 0.29) is 11.9 Å². The second kappa shape index (κ2) is 3.87. The fraction of sp³-hybridized carbons (Fsp3) is 0.385. The molecule has 1 aromatic carbocycles. The van der Waals surface area contributed by atoms with Crippen LogP contribution in [0.4, 0.5) is 0 Å². The Bertz CT molecular complexity index is 508. The average molecular weight is 230 g/mol. The van der Waals surface area contributed by atoms with Crippen molar-refractivity contribution in [1.29, 1.82) is 0 Å². The quantitative estimate of drug-likeness (QED) is 0.776. The summed E-state index contributed by atoms with van der Waals surface area (Å²) in [5.74, 6) is 1.90.